The van der Waals surface area contributed by atoms with E-state index >= 15 is 0 Å². The molecule has 0 aliphatic carbocycles. The highest BCUT2D eigenvalue weighted by Gasteiger charge is 2.31. The Labute approximate surface area is 120 Å². The zero-order valence-corrected chi connectivity index (χ0v) is 12.1. The first kappa shape index (κ1) is 17.9. The molecule has 0 aliphatic rings. The van der Waals surface area contributed by atoms with Gasteiger partial charge in [-0.25, -0.2) is 17.5 Å². The van der Waals surface area contributed by atoms with E-state index in [1.807, 2.05) is 6.92 Å². The molecular formula is C12H16F4N2O2S. The number of alkyl halides is 3. The fourth-order valence-corrected chi connectivity index (χ4v) is 2.61. The normalized spacial score (nSPS) is 12.6. The Bertz CT molecular complexity index is 573. The molecular weight excluding hydrogens is 312 g/mol. The van der Waals surface area contributed by atoms with Gasteiger partial charge in [-0.1, -0.05) is 13.0 Å². The number of halogens is 4. The maximum atomic E-state index is 13.7. The highest BCUT2D eigenvalue weighted by atomic mass is 32.2. The van der Waals surface area contributed by atoms with Crippen LogP contribution in [0.1, 0.15) is 18.9 Å². The summed E-state index contributed by atoms with van der Waals surface area (Å²) in [4.78, 5) is -0.800. The molecule has 21 heavy (non-hydrogen) atoms. The maximum Gasteiger partial charge on any atom is 0.402 e. The quantitative estimate of drug-likeness (QED) is 0.596. The molecule has 120 valence electrons. The summed E-state index contributed by atoms with van der Waals surface area (Å²) in [5.41, 5.74) is 0.510. The molecule has 0 aliphatic heterocycles. The van der Waals surface area contributed by atoms with Crippen LogP contribution in [-0.2, 0) is 16.6 Å². The van der Waals surface area contributed by atoms with Crippen molar-refractivity contribution in [2.24, 2.45) is 0 Å². The molecule has 0 fully saturated rings. The van der Waals surface area contributed by atoms with Crippen LogP contribution in [0.4, 0.5) is 17.6 Å². The van der Waals surface area contributed by atoms with Crippen LogP contribution in [0.3, 0.4) is 0 Å². The fourth-order valence-electron chi connectivity index (χ4n) is 1.54. The molecule has 1 rings (SSSR count). The van der Waals surface area contributed by atoms with Crippen molar-refractivity contribution in [1.29, 1.82) is 0 Å². The zero-order valence-electron chi connectivity index (χ0n) is 11.3. The summed E-state index contributed by atoms with van der Waals surface area (Å²) < 4.78 is 74.3. The van der Waals surface area contributed by atoms with E-state index in [0.717, 1.165) is 25.1 Å². The van der Waals surface area contributed by atoms with E-state index in [2.05, 4.69) is 5.32 Å². The highest BCUT2D eigenvalue weighted by Crippen LogP contribution is 2.18. The average Bonchev–Trinajstić information content (AvgIpc) is 2.36. The number of nitrogens with one attached hydrogen (secondary N) is 2. The summed E-state index contributed by atoms with van der Waals surface area (Å²) in [7, 11) is -4.53. The van der Waals surface area contributed by atoms with Gasteiger partial charge in [0.05, 0.1) is 0 Å². The van der Waals surface area contributed by atoms with Crippen LogP contribution >= 0.6 is 0 Å². The molecule has 1 aromatic carbocycles. The average molecular weight is 328 g/mol. The van der Waals surface area contributed by atoms with Gasteiger partial charge >= 0.3 is 6.18 Å². The molecule has 9 heteroatoms. The molecule has 0 atom stereocenters. The van der Waals surface area contributed by atoms with E-state index in [1.54, 1.807) is 0 Å². The Morgan fingerprint density at radius 3 is 2.43 bits per heavy atom. The molecule has 4 nitrogen and oxygen atoms in total. The fraction of sp³-hybridized carbons (Fsp3) is 0.500. The molecule has 1 aromatic rings. The minimum absolute atomic E-state index is 0.348. The second kappa shape index (κ2) is 7.19. The third-order valence-electron chi connectivity index (χ3n) is 2.50. The first-order valence-corrected chi connectivity index (χ1v) is 7.69. The molecule has 0 unspecified atom stereocenters. The monoisotopic (exact) mass is 328 g/mol. The third-order valence-corrected chi connectivity index (χ3v) is 3.94. The van der Waals surface area contributed by atoms with E-state index in [0.29, 0.717) is 12.1 Å². The van der Waals surface area contributed by atoms with Crippen molar-refractivity contribution in [2.45, 2.75) is 31.0 Å². The molecule has 0 amide bonds. The molecule has 0 heterocycles. The standard InChI is InChI=1S/C12H16F4N2O2S/c1-2-5-17-7-9-3-4-11(10(13)6-9)21(19,20)18-8-12(14,15)16/h3-4,6,17-18H,2,5,7-8H2,1H3. The van der Waals surface area contributed by atoms with Crippen LogP contribution < -0.4 is 10.0 Å². The summed E-state index contributed by atoms with van der Waals surface area (Å²) >= 11 is 0. The van der Waals surface area contributed by atoms with Gasteiger partial charge in [0.25, 0.3) is 0 Å². The third kappa shape index (κ3) is 5.98. The smallest absolute Gasteiger partial charge is 0.313 e. The van der Waals surface area contributed by atoms with Crippen molar-refractivity contribution in [2.75, 3.05) is 13.1 Å². The Kier molecular flexibility index (Phi) is 6.11. The lowest BCUT2D eigenvalue weighted by Crippen LogP contribution is -2.34. The SMILES string of the molecule is CCCNCc1ccc(S(=O)(=O)NCC(F)(F)F)c(F)c1. The predicted molar refractivity (Wildman–Crippen MR) is 69.6 cm³/mol. The predicted octanol–water partition coefficient (Wildman–Crippen LogP) is 2.17. The number of hydrogen-bond donors (Lipinski definition) is 2. The van der Waals surface area contributed by atoms with Gasteiger partial charge in [-0.2, -0.15) is 13.2 Å². The van der Waals surface area contributed by atoms with Gasteiger partial charge < -0.3 is 5.32 Å². The van der Waals surface area contributed by atoms with E-state index in [1.165, 1.54) is 10.8 Å². The lowest BCUT2D eigenvalue weighted by atomic mass is 10.2. The van der Waals surface area contributed by atoms with Crippen LogP contribution in [0.2, 0.25) is 0 Å². The molecule has 0 spiro atoms. The van der Waals surface area contributed by atoms with Crippen molar-refractivity contribution >= 4 is 10.0 Å². The first-order valence-electron chi connectivity index (χ1n) is 6.21. The first-order chi connectivity index (χ1) is 9.65. The van der Waals surface area contributed by atoms with E-state index in [4.69, 9.17) is 0 Å². The van der Waals surface area contributed by atoms with Crippen LogP contribution in [0, 0.1) is 5.82 Å². The molecule has 0 radical (unpaired) electrons. The van der Waals surface area contributed by atoms with Crippen LogP contribution in [0.15, 0.2) is 23.1 Å². The van der Waals surface area contributed by atoms with Crippen molar-refractivity contribution < 1.29 is 26.0 Å². The summed E-state index contributed by atoms with van der Waals surface area (Å²) in [6, 6.07) is 3.30. The zero-order chi connectivity index (χ0) is 16.1. The number of benzene rings is 1. The molecule has 0 bridgehead atoms. The Morgan fingerprint density at radius 1 is 1.24 bits per heavy atom. The van der Waals surface area contributed by atoms with Crippen LogP contribution in [-0.4, -0.2) is 27.7 Å². The van der Waals surface area contributed by atoms with E-state index < -0.39 is 33.5 Å². The Balaban J connectivity index is 2.83. The number of hydrogen-bond acceptors (Lipinski definition) is 3. The second-order valence-electron chi connectivity index (χ2n) is 4.38. The van der Waals surface area contributed by atoms with Gasteiger partial charge in [-0.15, -0.1) is 0 Å². The number of rotatable bonds is 7. The Morgan fingerprint density at radius 2 is 1.90 bits per heavy atom. The molecule has 2 N–H and O–H groups in total. The van der Waals surface area contributed by atoms with Crippen molar-refractivity contribution in [3.63, 3.8) is 0 Å². The van der Waals surface area contributed by atoms with Gasteiger partial charge in [0.2, 0.25) is 10.0 Å². The van der Waals surface area contributed by atoms with Crippen molar-refractivity contribution in [3.8, 4) is 0 Å². The lowest BCUT2D eigenvalue weighted by molar-refractivity contribution is -0.121. The summed E-state index contributed by atoms with van der Waals surface area (Å²) in [5, 5.41) is 3.00. The van der Waals surface area contributed by atoms with Gasteiger partial charge in [0.15, 0.2) is 0 Å². The summed E-state index contributed by atoms with van der Waals surface area (Å²) in [6.45, 7) is 1.28. The lowest BCUT2D eigenvalue weighted by Gasteiger charge is -2.11. The largest absolute Gasteiger partial charge is 0.402 e. The molecule has 0 saturated carbocycles. The minimum atomic E-state index is -4.70. The minimum Gasteiger partial charge on any atom is -0.313 e. The van der Waals surface area contributed by atoms with Crippen molar-refractivity contribution in [3.05, 3.63) is 29.6 Å². The molecule has 0 aromatic heterocycles. The second-order valence-corrected chi connectivity index (χ2v) is 6.12. The highest BCUT2D eigenvalue weighted by molar-refractivity contribution is 7.89. The van der Waals surface area contributed by atoms with Crippen LogP contribution in [0.25, 0.3) is 0 Å². The topological polar surface area (TPSA) is 58.2 Å². The van der Waals surface area contributed by atoms with Gasteiger partial charge in [0.1, 0.15) is 17.3 Å². The van der Waals surface area contributed by atoms with Gasteiger partial charge in [-0.05, 0) is 30.7 Å². The maximum absolute atomic E-state index is 13.7. The summed E-state index contributed by atoms with van der Waals surface area (Å²) in [6.07, 6.45) is -3.82. The van der Waals surface area contributed by atoms with E-state index in [9.17, 15) is 26.0 Å². The Hall–Kier alpha value is -1.19. The number of sulfonamides is 1. The van der Waals surface area contributed by atoms with Gasteiger partial charge in [-0.3, -0.25) is 0 Å². The molecule has 0 saturated heterocycles. The van der Waals surface area contributed by atoms with E-state index in [-0.39, 0.29) is 0 Å². The van der Waals surface area contributed by atoms with Gasteiger partial charge in [0, 0.05) is 6.54 Å². The van der Waals surface area contributed by atoms with Crippen molar-refractivity contribution in [1.82, 2.24) is 10.0 Å². The summed E-state index contributed by atoms with van der Waals surface area (Å²) in [5.74, 6) is -1.08. The van der Waals surface area contributed by atoms with Crippen LogP contribution in [0.5, 0.6) is 0 Å².